The Morgan fingerprint density at radius 1 is 1.02 bits per heavy atom. The van der Waals surface area contributed by atoms with Crippen LogP contribution in [0.25, 0.3) is 0 Å². The van der Waals surface area contributed by atoms with Crippen LogP contribution in [0.4, 0.5) is 24.5 Å². The predicted octanol–water partition coefficient (Wildman–Crippen LogP) is 6.32. The van der Waals surface area contributed by atoms with Crippen LogP contribution >= 0.6 is 11.6 Å². The lowest BCUT2D eigenvalue weighted by atomic mass is 10.0. The molecule has 1 heterocycles. The number of benzene rings is 3. The predicted molar refractivity (Wildman–Crippen MR) is 147 cm³/mol. The van der Waals surface area contributed by atoms with Crippen LogP contribution in [0, 0.1) is 0 Å². The Kier molecular flexibility index (Phi) is 9.49. The Labute approximate surface area is 239 Å². The van der Waals surface area contributed by atoms with Crippen molar-refractivity contribution in [2.75, 3.05) is 37.1 Å². The Morgan fingerprint density at radius 2 is 1.76 bits per heavy atom. The van der Waals surface area contributed by atoms with Gasteiger partial charge in [0.15, 0.2) is 0 Å². The number of ether oxygens (including phenoxy) is 4. The highest BCUT2D eigenvalue weighted by Gasteiger charge is 2.34. The van der Waals surface area contributed by atoms with E-state index >= 15 is 0 Å². The van der Waals surface area contributed by atoms with Crippen molar-refractivity contribution < 1.29 is 41.7 Å². The minimum Gasteiger partial charge on any atom is -0.497 e. The molecule has 1 aliphatic rings. The van der Waals surface area contributed by atoms with E-state index in [4.69, 9.17) is 25.8 Å². The second-order valence-corrected chi connectivity index (χ2v) is 9.44. The van der Waals surface area contributed by atoms with Gasteiger partial charge in [-0.1, -0.05) is 29.8 Å². The van der Waals surface area contributed by atoms with Gasteiger partial charge in [-0.05, 0) is 42.7 Å². The molecule has 12 heteroatoms. The van der Waals surface area contributed by atoms with Gasteiger partial charge in [-0.25, -0.2) is 0 Å². The first-order valence-corrected chi connectivity index (χ1v) is 13.1. The second-order valence-electron chi connectivity index (χ2n) is 9.01. The number of carbonyl (C=O) groups excluding carboxylic acids is 2. The molecule has 1 unspecified atom stereocenters. The molecule has 0 aromatic heterocycles. The molecule has 1 amide bonds. The molecule has 218 valence electrons. The molecular weight excluding hydrogens is 565 g/mol. The van der Waals surface area contributed by atoms with Crippen LogP contribution in [-0.4, -0.2) is 45.1 Å². The molecule has 3 aromatic rings. The average molecular weight is 593 g/mol. The number of carbonyl (C=O) groups is 2. The number of anilines is 2. The molecule has 3 aromatic carbocycles. The van der Waals surface area contributed by atoms with Gasteiger partial charge in [-0.2, -0.15) is 0 Å². The SMILES string of the molecule is CCOC(=O)CCOc1cc(NC(C(=O)N2CCc3ccc(OC(F)(F)F)cc32)c2ccc(Cl)cc2)cc(OC)c1. The Bertz CT molecular complexity index is 1380. The van der Waals surface area contributed by atoms with Crippen LogP contribution in [0.3, 0.4) is 0 Å². The smallest absolute Gasteiger partial charge is 0.497 e. The number of hydrogen-bond donors (Lipinski definition) is 1. The van der Waals surface area contributed by atoms with Gasteiger partial charge in [0.05, 0.1) is 32.4 Å². The van der Waals surface area contributed by atoms with Crippen molar-refractivity contribution in [1.82, 2.24) is 0 Å². The molecule has 0 saturated carbocycles. The van der Waals surface area contributed by atoms with Crippen LogP contribution < -0.4 is 24.4 Å². The summed E-state index contributed by atoms with van der Waals surface area (Å²) in [4.78, 5) is 27.1. The summed E-state index contributed by atoms with van der Waals surface area (Å²) in [5.41, 5.74) is 2.10. The van der Waals surface area contributed by atoms with Gasteiger partial charge >= 0.3 is 12.3 Å². The Morgan fingerprint density at radius 3 is 2.44 bits per heavy atom. The molecular formula is C29H28ClF3N2O6. The van der Waals surface area contributed by atoms with Crippen molar-refractivity contribution in [2.45, 2.75) is 32.2 Å². The van der Waals surface area contributed by atoms with Crippen molar-refractivity contribution in [3.63, 3.8) is 0 Å². The van der Waals surface area contributed by atoms with E-state index in [9.17, 15) is 22.8 Å². The van der Waals surface area contributed by atoms with E-state index in [1.54, 1.807) is 49.4 Å². The molecule has 0 saturated heterocycles. The first-order chi connectivity index (χ1) is 19.6. The van der Waals surface area contributed by atoms with Gasteiger partial charge in [-0.3, -0.25) is 9.59 Å². The summed E-state index contributed by atoms with van der Waals surface area (Å²) in [6, 6.07) is 14.6. The normalized spacial score (nSPS) is 13.3. The Hall–Kier alpha value is -4.12. The van der Waals surface area contributed by atoms with E-state index < -0.39 is 30.0 Å². The van der Waals surface area contributed by atoms with Crippen LogP contribution in [-0.2, 0) is 20.7 Å². The van der Waals surface area contributed by atoms with Crippen molar-refractivity contribution in [1.29, 1.82) is 0 Å². The molecule has 0 radical (unpaired) electrons. The number of esters is 1. The fourth-order valence-electron chi connectivity index (χ4n) is 4.39. The van der Waals surface area contributed by atoms with E-state index in [2.05, 4.69) is 10.1 Å². The molecule has 4 rings (SSSR count). The van der Waals surface area contributed by atoms with Gasteiger partial charge in [0.25, 0.3) is 5.91 Å². The number of rotatable bonds is 11. The van der Waals surface area contributed by atoms with Crippen LogP contribution in [0.2, 0.25) is 5.02 Å². The van der Waals surface area contributed by atoms with Crippen LogP contribution in [0.15, 0.2) is 60.7 Å². The van der Waals surface area contributed by atoms with E-state index in [0.29, 0.717) is 39.9 Å². The number of nitrogens with zero attached hydrogens (tertiary/aromatic N) is 1. The van der Waals surface area contributed by atoms with Crippen LogP contribution in [0.5, 0.6) is 17.2 Å². The molecule has 1 atom stereocenters. The van der Waals surface area contributed by atoms with Crippen molar-refractivity contribution in [3.8, 4) is 17.2 Å². The highest BCUT2D eigenvalue weighted by atomic mass is 35.5. The monoisotopic (exact) mass is 592 g/mol. The third-order valence-corrected chi connectivity index (χ3v) is 6.46. The zero-order valence-corrected chi connectivity index (χ0v) is 23.1. The van der Waals surface area contributed by atoms with Crippen molar-refractivity contribution >= 4 is 34.9 Å². The molecule has 41 heavy (non-hydrogen) atoms. The molecule has 1 N–H and O–H groups in total. The third-order valence-electron chi connectivity index (χ3n) is 6.21. The highest BCUT2D eigenvalue weighted by molar-refractivity contribution is 6.30. The first kappa shape index (κ1) is 29.9. The quantitative estimate of drug-likeness (QED) is 0.261. The topological polar surface area (TPSA) is 86.3 Å². The maximum absolute atomic E-state index is 14.0. The van der Waals surface area contributed by atoms with Gasteiger partial charge in [0.1, 0.15) is 23.3 Å². The molecule has 8 nitrogen and oxygen atoms in total. The average Bonchev–Trinajstić information content (AvgIpc) is 3.34. The number of nitrogens with one attached hydrogen (secondary N) is 1. The van der Waals surface area contributed by atoms with E-state index in [-0.39, 0.29) is 26.2 Å². The van der Waals surface area contributed by atoms with Gasteiger partial charge in [-0.15, -0.1) is 13.2 Å². The number of fused-ring (bicyclic) bond motifs is 1. The lowest BCUT2D eigenvalue weighted by Gasteiger charge is -2.26. The minimum atomic E-state index is -4.86. The zero-order chi connectivity index (χ0) is 29.6. The number of halogens is 4. The summed E-state index contributed by atoms with van der Waals surface area (Å²) >= 11 is 6.08. The number of amides is 1. The summed E-state index contributed by atoms with van der Waals surface area (Å²) in [7, 11) is 1.48. The highest BCUT2D eigenvalue weighted by Crippen LogP contribution is 2.37. The summed E-state index contributed by atoms with van der Waals surface area (Å²) in [5, 5.41) is 3.68. The number of alkyl halides is 3. The maximum Gasteiger partial charge on any atom is 0.573 e. The summed E-state index contributed by atoms with van der Waals surface area (Å²) < 4.78 is 58.7. The Balaban J connectivity index is 1.62. The van der Waals surface area contributed by atoms with E-state index in [1.807, 2.05) is 0 Å². The maximum atomic E-state index is 14.0. The minimum absolute atomic E-state index is 0.0497. The zero-order valence-electron chi connectivity index (χ0n) is 22.3. The van der Waals surface area contributed by atoms with Crippen molar-refractivity contribution in [3.05, 3.63) is 76.8 Å². The second kappa shape index (κ2) is 13.0. The van der Waals surface area contributed by atoms with Gasteiger partial charge in [0.2, 0.25) is 0 Å². The van der Waals surface area contributed by atoms with E-state index in [0.717, 1.165) is 5.56 Å². The molecule has 0 aliphatic carbocycles. The largest absolute Gasteiger partial charge is 0.573 e. The van der Waals surface area contributed by atoms with Gasteiger partial charge < -0.3 is 29.2 Å². The van der Waals surface area contributed by atoms with Gasteiger partial charge in [0, 0.05) is 41.5 Å². The standard InChI is InChI=1S/C29H28ClF3N2O6/c1-3-39-26(36)11-13-40-24-15-21(14-23(16-24)38-2)34-27(19-4-7-20(30)8-5-19)28(37)35-12-10-18-6-9-22(17-25(18)35)41-29(31,32)33/h4-9,14-17,27,34H,3,10-13H2,1-2H3. The first-order valence-electron chi connectivity index (χ1n) is 12.8. The lowest BCUT2D eigenvalue weighted by molar-refractivity contribution is -0.274. The fraction of sp³-hybridized carbons (Fsp3) is 0.310. The molecule has 0 bridgehead atoms. The summed E-state index contributed by atoms with van der Waals surface area (Å²) in [6.45, 7) is 2.32. The fourth-order valence-corrected chi connectivity index (χ4v) is 4.52. The van der Waals surface area contributed by atoms with E-state index in [1.165, 1.54) is 30.2 Å². The van der Waals surface area contributed by atoms with Crippen LogP contribution in [0.1, 0.15) is 30.5 Å². The summed E-state index contributed by atoms with van der Waals surface area (Å²) in [6.07, 6.45) is -4.34. The number of hydrogen-bond acceptors (Lipinski definition) is 7. The molecule has 0 spiro atoms. The number of methoxy groups -OCH3 is 1. The molecule has 0 fully saturated rings. The molecule has 1 aliphatic heterocycles. The third kappa shape index (κ3) is 7.97. The summed E-state index contributed by atoms with van der Waals surface area (Å²) in [5.74, 6) is -0.383. The van der Waals surface area contributed by atoms with Crippen molar-refractivity contribution in [2.24, 2.45) is 0 Å². The lowest BCUT2D eigenvalue weighted by Crippen LogP contribution is -2.37.